The number of nitrogens with one attached hydrogen (secondary N) is 1. The zero-order chi connectivity index (χ0) is 20.3. The molecule has 1 heterocycles. The van der Waals surface area contributed by atoms with E-state index in [0.717, 1.165) is 5.56 Å². The molecule has 0 saturated heterocycles. The molecule has 0 spiro atoms. The Kier molecular flexibility index (Phi) is 5.95. The maximum absolute atomic E-state index is 12.8. The number of aromatic amines is 1. The van der Waals surface area contributed by atoms with E-state index in [1.54, 1.807) is 37.5 Å². The van der Waals surface area contributed by atoms with E-state index in [2.05, 4.69) is 25.5 Å². The summed E-state index contributed by atoms with van der Waals surface area (Å²) in [5.41, 5.74) is 1.32. The van der Waals surface area contributed by atoms with Gasteiger partial charge >= 0.3 is 0 Å². The van der Waals surface area contributed by atoms with E-state index in [4.69, 9.17) is 21.1 Å². The lowest BCUT2D eigenvalue weighted by Crippen LogP contribution is -2.33. The van der Waals surface area contributed by atoms with E-state index in [1.807, 2.05) is 18.2 Å². The quantitative estimate of drug-likeness (QED) is 0.694. The number of ether oxygens (including phenoxy) is 2. The van der Waals surface area contributed by atoms with Crippen LogP contribution in [-0.2, 0) is 0 Å². The Morgan fingerprint density at radius 2 is 1.89 bits per heavy atom. The van der Waals surface area contributed by atoms with Crippen molar-refractivity contribution in [1.82, 2.24) is 9.78 Å². The van der Waals surface area contributed by atoms with Gasteiger partial charge in [-0.15, -0.1) is 0 Å². The minimum Gasteiger partial charge on any atom is -0.493 e. The normalized spacial score (nSPS) is 11.8. The third-order valence-corrected chi connectivity index (χ3v) is 4.41. The highest BCUT2D eigenvalue weighted by Gasteiger charge is 2.08. The Hall–Kier alpha value is -2.92. The molecule has 0 atom stereocenters. The number of hydrogen-bond donors (Lipinski definition) is 1. The lowest BCUT2D eigenvalue weighted by atomic mass is 10.1. The average Bonchev–Trinajstić information content (AvgIpc) is 2.95. The minimum atomic E-state index is -0.188. The van der Waals surface area contributed by atoms with Crippen LogP contribution in [0.2, 0.25) is 5.02 Å². The first-order valence-electron chi connectivity index (χ1n) is 8.97. The van der Waals surface area contributed by atoms with Crippen molar-refractivity contribution in [3.8, 4) is 17.2 Å². The van der Waals surface area contributed by atoms with E-state index < -0.39 is 0 Å². The molecule has 0 aliphatic heterocycles. The first kappa shape index (κ1) is 19.8. The van der Waals surface area contributed by atoms with Gasteiger partial charge in [-0.05, 0) is 54.0 Å². The number of rotatable bonds is 6. The third kappa shape index (κ3) is 4.31. The van der Waals surface area contributed by atoms with Gasteiger partial charge in [-0.3, -0.25) is 9.89 Å². The van der Waals surface area contributed by atoms with Crippen molar-refractivity contribution in [3.63, 3.8) is 0 Å². The summed E-state index contributed by atoms with van der Waals surface area (Å²) in [5, 5.41) is 4.62. The summed E-state index contributed by atoms with van der Waals surface area (Å²) in [6, 6.07) is 12.6. The smallest absolute Gasteiger partial charge is 0.279 e. The molecule has 0 aliphatic carbocycles. The number of halogens is 1. The molecule has 1 N–H and O–H groups in total. The van der Waals surface area contributed by atoms with Crippen LogP contribution >= 0.6 is 11.6 Å². The molecule has 28 heavy (non-hydrogen) atoms. The van der Waals surface area contributed by atoms with E-state index >= 15 is 0 Å². The first-order valence-corrected chi connectivity index (χ1v) is 9.35. The Morgan fingerprint density at radius 3 is 2.54 bits per heavy atom. The second kappa shape index (κ2) is 8.40. The lowest BCUT2D eigenvalue weighted by molar-refractivity contribution is 0.257. The van der Waals surface area contributed by atoms with Gasteiger partial charge in [0.15, 0.2) is 11.5 Å². The van der Waals surface area contributed by atoms with Crippen molar-refractivity contribution in [3.05, 3.63) is 74.0 Å². The van der Waals surface area contributed by atoms with Crippen molar-refractivity contribution in [2.45, 2.75) is 13.8 Å². The summed E-state index contributed by atoms with van der Waals surface area (Å²) >= 11 is 5.93. The number of benzene rings is 2. The maximum atomic E-state index is 12.8. The van der Waals surface area contributed by atoms with E-state index in [-0.39, 0.29) is 5.56 Å². The SMILES string of the molecule is C=c1[nH]n(-c2ccc(Cl)cc2)c(=O)/c1=C\c1ccc(OCC(C)C)c(OC)c1. The van der Waals surface area contributed by atoms with E-state index in [1.165, 1.54) is 4.68 Å². The summed E-state index contributed by atoms with van der Waals surface area (Å²) in [6.07, 6.45) is 1.78. The largest absolute Gasteiger partial charge is 0.493 e. The molecule has 6 heteroatoms. The fourth-order valence-corrected chi connectivity index (χ4v) is 2.86. The van der Waals surface area contributed by atoms with E-state index in [0.29, 0.717) is 45.3 Å². The summed E-state index contributed by atoms with van der Waals surface area (Å²) < 4.78 is 12.7. The van der Waals surface area contributed by atoms with Crippen LogP contribution in [0.4, 0.5) is 0 Å². The van der Waals surface area contributed by atoms with Gasteiger partial charge in [0.2, 0.25) is 0 Å². The Bertz CT molecular complexity index is 1130. The molecular formula is C22H23ClN2O3. The molecule has 0 fully saturated rings. The van der Waals surface area contributed by atoms with Gasteiger partial charge in [0.25, 0.3) is 5.56 Å². The molecule has 3 aromatic rings. The monoisotopic (exact) mass is 398 g/mol. The van der Waals surface area contributed by atoms with Gasteiger partial charge in [0, 0.05) is 5.02 Å². The Balaban J connectivity index is 2.01. The minimum absolute atomic E-state index is 0.188. The summed E-state index contributed by atoms with van der Waals surface area (Å²) in [4.78, 5) is 12.8. The van der Waals surface area contributed by atoms with Crippen molar-refractivity contribution < 1.29 is 9.47 Å². The molecule has 0 bridgehead atoms. The van der Waals surface area contributed by atoms with Gasteiger partial charge < -0.3 is 9.47 Å². The molecule has 0 unspecified atom stereocenters. The summed E-state index contributed by atoms with van der Waals surface area (Å²) in [5.74, 6) is 1.71. The highest BCUT2D eigenvalue weighted by Crippen LogP contribution is 2.28. The molecule has 0 radical (unpaired) electrons. The van der Waals surface area contributed by atoms with Gasteiger partial charge in [-0.2, -0.15) is 0 Å². The van der Waals surface area contributed by atoms with Crippen LogP contribution in [0.15, 0.2) is 47.3 Å². The number of H-pyrrole nitrogens is 1. The number of aromatic nitrogens is 2. The zero-order valence-corrected chi connectivity index (χ0v) is 16.9. The molecule has 1 aromatic heterocycles. The zero-order valence-electron chi connectivity index (χ0n) is 16.2. The van der Waals surface area contributed by atoms with Gasteiger partial charge in [-0.25, -0.2) is 4.68 Å². The molecule has 0 amide bonds. The highest BCUT2D eigenvalue weighted by molar-refractivity contribution is 6.30. The van der Waals surface area contributed by atoms with Crippen molar-refractivity contribution in [1.29, 1.82) is 0 Å². The molecule has 0 saturated carbocycles. The van der Waals surface area contributed by atoms with Gasteiger partial charge in [-0.1, -0.05) is 38.1 Å². The topological polar surface area (TPSA) is 56.2 Å². The second-order valence-corrected chi connectivity index (χ2v) is 7.32. The second-order valence-electron chi connectivity index (χ2n) is 6.88. The number of nitrogens with zero attached hydrogens (tertiary/aromatic N) is 1. The molecule has 146 valence electrons. The first-order chi connectivity index (χ1) is 13.4. The fourth-order valence-electron chi connectivity index (χ4n) is 2.73. The van der Waals surface area contributed by atoms with E-state index in [9.17, 15) is 4.79 Å². The standard InChI is InChI=1S/C22H23ClN2O3/c1-14(2)13-28-20-10-5-16(12-21(20)27-4)11-19-15(3)24-25(22(19)26)18-8-6-17(23)7-9-18/h5-12,14,24H,3,13H2,1-2,4H3/b19-11-. The predicted octanol–water partition coefficient (Wildman–Crippen LogP) is 3.10. The average molecular weight is 399 g/mol. The lowest BCUT2D eigenvalue weighted by Gasteiger charge is -2.12. The maximum Gasteiger partial charge on any atom is 0.279 e. The van der Waals surface area contributed by atoms with Crippen LogP contribution < -0.4 is 25.6 Å². The van der Waals surface area contributed by atoms with Crippen LogP contribution in [0.5, 0.6) is 11.5 Å². The van der Waals surface area contributed by atoms with Gasteiger partial charge in [0.1, 0.15) is 0 Å². The van der Waals surface area contributed by atoms with Crippen LogP contribution in [-0.4, -0.2) is 23.5 Å². The van der Waals surface area contributed by atoms with Crippen LogP contribution in [0.3, 0.4) is 0 Å². The third-order valence-electron chi connectivity index (χ3n) is 4.16. The van der Waals surface area contributed by atoms with Gasteiger partial charge in [0.05, 0.1) is 30.0 Å². The van der Waals surface area contributed by atoms with Crippen molar-refractivity contribution in [2.24, 2.45) is 5.92 Å². The molecule has 2 aromatic carbocycles. The molecule has 3 rings (SSSR count). The Labute approximate surface area is 168 Å². The predicted molar refractivity (Wildman–Crippen MR) is 113 cm³/mol. The highest BCUT2D eigenvalue weighted by atomic mass is 35.5. The molecule has 0 aliphatic rings. The number of hydrogen-bond acceptors (Lipinski definition) is 3. The van der Waals surface area contributed by atoms with Crippen LogP contribution in [0.25, 0.3) is 18.3 Å². The Morgan fingerprint density at radius 1 is 1.18 bits per heavy atom. The summed E-state index contributed by atoms with van der Waals surface area (Å²) in [6.45, 7) is 8.73. The van der Waals surface area contributed by atoms with Crippen molar-refractivity contribution >= 4 is 24.3 Å². The van der Waals surface area contributed by atoms with Crippen molar-refractivity contribution in [2.75, 3.05) is 13.7 Å². The van der Waals surface area contributed by atoms with Crippen LogP contribution in [0.1, 0.15) is 19.4 Å². The van der Waals surface area contributed by atoms with Crippen LogP contribution in [0, 0.1) is 5.92 Å². The summed E-state index contributed by atoms with van der Waals surface area (Å²) in [7, 11) is 1.60. The fraction of sp³-hybridized carbons (Fsp3) is 0.227. The molecular weight excluding hydrogens is 376 g/mol. The number of methoxy groups -OCH3 is 1. The molecule has 5 nitrogen and oxygen atoms in total.